The van der Waals surface area contributed by atoms with Gasteiger partial charge in [-0.2, -0.15) is 5.10 Å². The topological polar surface area (TPSA) is 69.2 Å². The van der Waals surface area contributed by atoms with E-state index in [0.717, 1.165) is 4.88 Å². The third-order valence-corrected chi connectivity index (χ3v) is 3.91. The van der Waals surface area contributed by atoms with Gasteiger partial charge in [-0.3, -0.25) is 4.79 Å². The monoisotopic (exact) mass is 318 g/mol. The molecule has 0 aliphatic carbocycles. The summed E-state index contributed by atoms with van der Waals surface area (Å²) >= 11 is 1.54. The van der Waals surface area contributed by atoms with Gasteiger partial charge in [-0.1, -0.05) is 6.07 Å². The second-order valence-corrected chi connectivity index (χ2v) is 5.53. The van der Waals surface area contributed by atoms with Crippen LogP contribution in [0.3, 0.4) is 0 Å². The molecule has 1 amide bonds. The van der Waals surface area contributed by atoms with Crippen LogP contribution in [0.1, 0.15) is 10.4 Å². The molecule has 22 heavy (non-hydrogen) atoms. The fourth-order valence-corrected chi connectivity index (χ4v) is 2.70. The van der Waals surface area contributed by atoms with Gasteiger partial charge in [0.2, 0.25) is 12.7 Å². The summed E-state index contributed by atoms with van der Waals surface area (Å²) in [4.78, 5) is 12.7. The first-order chi connectivity index (χ1) is 10.8. The first-order valence-corrected chi connectivity index (χ1v) is 7.46. The van der Waals surface area contributed by atoms with Gasteiger partial charge in [-0.25, -0.2) is 5.43 Å². The Hall–Kier alpha value is -2.54. The van der Waals surface area contributed by atoms with Crippen LogP contribution in [-0.4, -0.2) is 26.0 Å². The molecule has 1 N–H and O–H groups in total. The van der Waals surface area contributed by atoms with Crippen LogP contribution in [0.4, 0.5) is 0 Å². The summed E-state index contributed by atoms with van der Waals surface area (Å²) in [5.41, 5.74) is 3.20. The lowest BCUT2D eigenvalue weighted by atomic mass is 10.2. The number of thiophene rings is 1. The van der Waals surface area contributed by atoms with E-state index in [2.05, 4.69) is 10.5 Å². The summed E-state index contributed by atoms with van der Waals surface area (Å²) in [5, 5.41) is 5.89. The normalized spacial score (nSPS) is 12.6. The number of rotatable bonds is 5. The summed E-state index contributed by atoms with van der Waals surface area (Å²) in [6.45, 7) is 0.191. The van der Waals surface area contributed by atoms with Crippen molar-refractivity contribution in [3.05, 3.63) is 40.1 Å². The number of ether oxygens (including phenoxy) is 3. The first-order valence-electron chi connectivity index (χ1n) is 6.58. The van der Waals surface area contributed by atoms with E-state index in [1.54, 1.807) is 19.2 Å². The highest BCUT2D eigenvalue weighted by atomic mass is 32.1. The Morgan fingerprint density at radius 2 is 2.27 bits per heavy atom. The third kappa shape index (κ3) is 3.20. The molecule has 0 radical (unpaired) electrons. The van der Waals surface area contributed by atoms with E-state index in [0.29, 0.717) is 29.2 Å². The van der Waals surface area contributed by atoms with Gasteiger partial charge in [0.1, 0.15) is 5.75 Å². The number of nitrogens with zero attached hydrogens (tertiary/aromatic N) is 1. The molecule has 3 rings (SSSR count). The molecule has 0 spiro atoms. The number of fused-ring (bicyclic) bond motifs is 1. The Morgan fingerprint density at radius 1 is 1.45 bits per heavy atom. The number of carbonyl (C=O) groups is 1. The number of nitrogens with one attached hydrogen (secondary N) is 1. The molecule has 6 nitrogen and oxygen atoms in total. The molecule has 1 aliphatic heterocycles. The maximum atomic E-state index is 11.7. The Kier molecular flexibility index (Phi) is 4.24. The highest BCUT2D eigenvalue weighted by molar-refractivity contribution is 7.10. The van der Waals surface area contributed by atoms with Crippen molar-refractivity contribution in [2.45, 2.75) is 6.42 Å². The number of hydrogen-bond acceptors (Lipinski definition) is 6. The quantitative estimate of drug-likeness (QED) is 0.678. The number of amides is 1. The van der Waals surface area contributed by atoms with E-state index in [1.807, 2.05) is 17.5 Å². The molecule has 2 heterocycles. The molecule has 1 aromatic carbocycles. The van der Waals surface area contributed by atoms with Gasteiger partial charge in [0, 0.05) is 16.5 Å². The fraction of sp³-hybridized carbons (Fsp3) is 0.200. The lowest BCUT2D eigenvalue weighted by Crippen LogP contribution is -2.19. The smallest absolute Gasteiger partial charge is 0.245 e. The molecule has 0 unspecified atom stereocenters. The zero-order valence-electron chi connectivity index (χ0n) is 11.9. The van der Waals surface area contributed by atoms with Gasteiger partial charge < -0.3 is 14.2 Å². The fourth-order valence-electron chi connectivity index (χ4n) is 2.00. The number of hydrogen-bond donors (Lipinski definition) is 1. The standard InChI is InChI=1S/C15H14N2O4S/c1-19-12-7-14-13(20-9-21-14)5-10(12)8-16-17-15(18)6-11-3-2-4-22-11/h2-5,7-8H,6,9H2,1H3,(H,17,18)/b16-8-. The van der Waals surface area contributed by atoms with E-state index >= 15 is 0 Å². The van der Waals surface area contributed by atoms with E-state index in [1.165, 1.54) is 17.6 Å². The molecule has 1 aliphatic rings. The number of methoxy groups -OCH3 is 1. The third-order valence-electron chi connectivity index (χ3n) is 3.03. The van der Waals surface area contributed by atoms with E-state index < -0.39 is 0 Å². The molecule has 2 aromatic rings. The van der Waals surface area contributed by atoms with Gasteiger partial charge >= 0.3 is 0 Å². The van der Waals surface area contributed by atoms with Gasteiger partial charge in [-0.05, 0) is 17.5 Å². The van der Waals surface area contributed by atoms with Crippen LogP contribution in [0, 0.1) is 0 Å². The Labute approximate surface area is 131 Å². The summed E-state index contributed by atoms with van der Waals surface area (Å²) in [5.74, 6) is 1.70. The lowest BCUT2D eigenvalue weighted by molar-refractivity contribution is -0.120. The molecule has 7 heteroatoms. The SMILES string of the molecule is COc1cc2c(cc1/C=N\NC(=O)Cc1cccs1)OCO2. The van der Waals surface area contributed by atoms with Crippen molar-refractivity contribution in [2.24, 2.45) is 5.10 Å². The van der Waals surface area contributed by atoms with Crippen LogP contribution in [0.25, 0.3) is 0 Å². The van der Waals surface area contributed by atoms with Gasteiger partial charge in [0.15, 0.2) is 11.5 Å². The second-order valence-electron chi connectivity index (χ2n) is 4.50. The number of benzene rings is 1. The minimum Gasteiger partial charge on any atom is -0.496 e. The van der Waals surface area contributed by atoms with Crippen molar-refractivity contribution in [3.8, 4) is 17.2 Å². The van der Waals surface area contributed by atoms with Crippen LogP contribution in [-0.2, 0) is 11.2 Å². The van der Waals surface area contributed by atoms with Crippen molar-refractivity contribution >= 4 is 23.5 Å². The van der Waals surface area contributed by atoms with Gasteiger partial charge in [-0.15, -0.1) is 11.3 Å². The highest BCUT2D eigenvalue weighted by Crippen LogP contribution is 2.37. The van der Waals surface area contributed by atoms with Crippen molar-refractivity contribution in [1.82, 2.24) is 5.43 Å². The maximum absolute atomic E-state index is 11.7. The van der Waals surface area contributed by atoms with E-state index in [-0.39, 0.29) is 12.7 Å². The van der Waals surface area contributed by atoms with E-state index in [9.17, 15) is 4.79 Å². The minimum atomic E-state index is -0.168. The van der Waals surface area contributed by atoms with Crippen LogP contribution in [0.15, 0.2) is 34.7 Å². The van der Waals surface area contributed by atoms with Crippen molar-refractivity contribution < 1.29 is 19.0 Å². The molecule has 0 saturated carbocycles. The zero-order valence-corrected chi connectivity index (χ0v) is 12.7. The van der Waals surface area contributed by atoms with Crippen LogP contribution in [0.5, 0.6) is 17.2 Å². The second kappa shape index (κ2) is 6.48. The number of carbonyl (C=O) groups excluding carboxylic acids is 1. The van der Waals surface area contributed by atoms with Crippen molar-refractivity contribution in [1.29, 1.82) is 0 Å². The Morgan fingerprint density at radius 3 is 3.00 bits per heavy atom. The number of hydrazone groups is 1. The van der Waals surface area contributed by atoms with Gasteiger partial charge in [0.25, 0.3) is 0 Å². The van der Waals surface area contributed by atoms with E-state index in [4.69, 9.17) is 14.2 Å². The average molecular weight is 318 g/mol. The van der Waals surface area contributed by atoms with Crippen LogP contribution >= 0.6 is 11.3 Å². The maximum Gasteiger partial charge on any atom is 0.245 e. The Bertz CT molecular complexity index is 698. The summed E-state index contributed by atoms with van der Waals surface area (Å²) < 4.78 is 15.9. The van der Waals surface area contributed by atoms with Gasteiger partial charge in [0.05, 0.1) is 19.7 Å². The summed E-state index contributed by atoms with van der Waals surface area (Å²) in [6.07, 6.45) is 1.83. The molecular formula is C15H14N2O4S. The zero-order chi connectivity index (χ0) is 15.4. The van der Waals surface area contributed by atoms with Crippen LogP contribution < -0.4 is 19.6 Å². The van der Waals surface area contributed by atoms with Crippen molar-refractivity contribution in [2.75, 3.05) is 13.9 Å². The predicted octanol–water partition coefficient (Wildman–Crippen LogP) is 2.18. The molecule has 0 fully saturated rings. The Balaban J connectivity index is 1.66. The molecule has 0 bridgehead atoms. The molecule has 114 valence electrons. The largest absolute Gasteiger partial charge is 0.496 e. The van der Waals surface area contributed by atoms with Crippen molar-refractivity contribution in [3.63, 3.8) is 0 Å². The molecule has 1 aromatic heterocycles. The average Bonchev–Trinajstić information content (AvgIpc) is 3.17. The predicted molar refractivity (Wildman–Crippen MR) is 82.9 cm³/mol. The first kappa shape index (κ1) is 14.4. The molecular weight excluding hydrogens is 304 g/mol. The lowest BCUT2D eigenvalue weighted by Gasteiger charge is -2.06. The van der Waals surface area contributed by atoms with Crippen LogP contribution in [0.2, 0.25) is 0 Å². The molecule has 0 atom stereocenters. The molecule has 0 saturated heterocycles. The summed E-state index contributed by atoms with van der Waals surface area (Å²) in [7, 11) is 1.56. The summed E-state index contributed by atoms with van der Waals surface area (Å²) in [6, 6.07) is 7.32. The highest BCUT2D eigenvalue weighted by Gasteiger charge is 2.17. The minimum absolute atomic E-state index is 0.168.